The van der Waals surface area contributed by atoms with Crippen LogP contribution in [-0.2, 0) is 16.1 Å². The highest BCUT2D eigenvalue weighted by atomic mass is 35.5. The van der Waals surface area contributed by atoms with E-state index in [1.54, 1.807) is 6.20 Å². The fourth-order valence-electron chi connectivity index (χ4n) is 2.42. The summed E-state index contributed by atoms with van der Waals surface area (Å²) < 4.78 is 18.5. The summed E-state index contributed by atoms with van der Waals surface area (Å²) in [6.45, 7) is 2.09. The topological polar surface area (TPSA) is 101 Å². The highest BCUT2D eigenvalue weighted by Crippen LogP contribution is 2.20. The first-order valence-corrected chi connectivity index (χ1v) is 9.42. The number of benzene rings is 1. The summed E-state index contributed by atoms with van der Waals surface area (Å²) in [5.41, 5.74) is 1.78. The van der Waals surface area contributed by atoms with Crippen molar-refractivity contribution in [1.82, 2.24) is 15.6 Å². The van der Waals surface area contributed by atoms with Gasteiger partial charge < -0.3 is 20.5 Å². The van der Waals surface area contributed by atoms with Crippen LogP contribution in [0.3, 0.4) is 0 Å². The van der Waals surface area contributed by atoms with Crippen molar-refractivity contribution < 1.29 is 23.8 Å². The van der Waals surface area contributed by atoms with Gasteiger partial charge in [-0.1, -0.05) is 11.6 Å². The van der Waals surface area contributed by atoms with Crippen LogP contribution in [0.15, 0.2) is 36.5 Å². The molecule has 0 radical (unpaired) electrons. The quantitative estimate of drug-likeness (QED) is 0.543. The van der Waals surface area contributed by atoms with Crippen molar-refractivity contribution in [2.45, 2.75) is 32.4 Å². The number of aromatic nitrogens is 1. The van der Waals surface area contributed by atoms with Crippen molar-refractivity contribution in [3.63, 3.8) is 0 Å². The first-order chi connectivity index (χ1) is 13.8. The van der Waals surface area contributed by atoms with Crippen LogP contribution in [0.1, 0.15) is 24.1 Å². The number of halogens is 2. The summed E-state index contributed by atoms with van der Waals surface area (Å²) in [6.07, 6.45) is 0.897. The average Bonchev–Trinajstić information content (AvgIpc) is 2.67. The monoisotopic (exact) mass is 423 g/mol. The van der Waals surface area contributed by atoms with E-state index in [0.29, 0.717) is 0 Å². The van der Waals surface area contributed by atoms with Crippen LogP contribution >= 0.6 is 11.6 Å². The van der Waals surface area contributed by atoms with Gasteiger partial charge in [-0.25, -0.2) is 4.39 Å². The van der Waals surface area contributed by atoms with Crippen LogP contribution in [0.2, 0.25) is 5.02 Å². The van der Waals surface area contributed by atoms with Gasteiger partial charge in [-0.3, -0.25) is 14.6 Å². The number of hydrogen-bond donors (Lipinski definition) is 3. The molecule has 0 spiro atoms. The molecule has 0 fully saturated rings. The van der Waals surface area contributed by atoms with Gasteiger partial charge in [0.2, 0.25) is 5.91 Å². The maximum atomic E-state index is 13.3. The molecule has 1 heterocycles. The minimum absolute atomic E-state index is 0.0324. The number of ether oxygens (including phenoxy) is 1. The molecule has 0 aliphatic carbocycles. The number of amides is 2. The van der Waals surface area contributed by atoms with Gasteiger partial charge in [0.05, 0.1) is 29.8 Å². The molecule has 2 aromatic rings. The molecule has 1 aromatic carbocycles. The van der Waals surface area contributed by atoms with Gasteiger partial charge in [0, 0.05) is 18.8 Å². The second-order valence-electron chi connectivity index (χ2n) is 6.46. The lowest BCUT2D eigenvalue weighted by Gasteiger charge is -2.12. The zero-order chi connectivity index (χ0) is 21.2. The van der Waals surface area contributed by atoms with Crippen molar-refractivity contribution in [2.75, 3.05) is 13.2 Å². The lowest BCUT2D eigenvalue weighted by Crippen LogP contribution is -2.33. The zero-order valence-corrected chi connectivity index (χ0v) is 16.7. The molecule has 1 atom stereocenters. The number of carbonyl (C=O) groups is 2. The second-order valence-corrected chi connectivity index (χ2v) is 6.87. The molecule has 0 saturated carbocycles. The number of hydrogen-bond acceptors (Lipinski definition) is 5. The molecule has 9 heteroatoms. The number of nitrogens with zero attached hydrogens (tertiary/aromatic N) is 1. The molecule has 2 rings (SSSR count). The molecule has 156 valence electrons. The van der Waals surface area contributed by atoms with Gasteiger partial charge in [-0.15, -0.1) is 0 Å². The summed E-state index contributed by atoms with van der Waals surface area (Å²) in [6, 6.07) is 7.60. The molecule has 0 saturated heterocycles. The van der Waals surface area contributed by atoms with Crippen LogP contribution in [0.4, 0.5) is 4.39 Å². The minimum Gasteiger partial charge on any atom is -0.484 e. The highest BCUT2D eigenvalue weighted by molar-refractivity contribution is 6.30. The number of pyridine rings is 1. The average molecular weight is 424 g/mol. The number of nitrogens with one attached hydrogen (secondary N) is 2. The Morgan fingerprint density at radius 1 is 1.24 bits per heavy atom. The predicted molar refractivity (Wildman–Crippen MR) is 106 cm³/mol. The second kappa shape index (κ2) is 11.3. The molecule has 1 aromatic heterocycles. The smallest absolute Gasteiger partial charge is 0.257 e. The number of carbonyl (C=O) groups excluding carboxylic acids is 2. The van der Waals surface area contributed by atoms with E-state index < -0.39 is 17.8 Å². The molecule has 0 bridgehead atoms. The van der Waals surface area contributed by atoms with Crippen molar-refractivity contribution in [1.29, 1.82) is 0 Å². The van der Waals surface area contributed by atoms with Gasteiger partial charge in [-0.2, -0.15) is 0 Å². The first kappa shape index (κ1) is 22.6. The summed E-state index contributed by atoms with van der Waals surface area (Å²) >= 11 is 5.57. The predicted octanol–water partition coefficient (Wildman–Crippen LogP) is 2.14. The van der Waals surface area contributed by atoms with Gasteiger partial charge in [0.1, 0.15) is 11.6 Å². The lowest BCUT2D eigenvalue weighted by molar-refractivity contribution is -0.123. The molecule has 1 unspecified atom stereocenters. The van der Waals surface area contributed by atoms with Crippen LogP contribution in [0.25, 0.3) is 0 Å². The Kier molecular flexibility index (Phi) is 8.82. The Morgan fingerprint density at radius 2 is 2.03 bits per heavy atom. The van der Waals surface area contributed by atoms with E-state index >= 15 is 0 Å². The van der Waals surface area contributed by atoms with Crippen LogP contribution in [-0.4, -0.2) is 41.2 Å². The zero-order valence-electron chi connectivity index (χ0n) is 16.0. The fourth-order valence-corrected chi connectivity index (χ4v) is 2.54. The maximum absolute atomic E-state index is 13.3. The minimum atomic E-state index is -0.896. The number of aryl methyl sites for hydroxylation is 1. The van der Waals surface area contributed by atoms with Crippen molar-refractivity contribution in [3.05, 3.63) is 58.6 Å². The third-order valence-corrected chi connectivity index (χ3v) is 4.23. The van der Waals surface area contributed by atoms with E-state index in [0.717, 1.165) is 17.3 Å². The molecule has 0 aliphatic heterocycles. The number of rotatable bonds is 10. The van der Waals surface area contributed by atoms with E-state index in [2.05, 4.69) is 15.6 Å². The molecule has 29 heavy (non-hydrogen) atoms. The molecular weight excluding hydrogens is 401 g/mol. The first-order valence-electron chi connectivity index (χ1n) is 9.04. The fraction of sp³-hybridized carbons (Fsp3) is 0.350. The number of aliphatic hydroxyl groups excluding tert-OH is 1. The van der Waals surface area contributed by atoms with E-state index in [-0.39, 0.29) is 49.2 Å². The lowest BCUT2D eigenvalue weighted by atomic mass is 10.1. The molecule has 3 N–H and O–H groups in total. The van der Waals surface area contributed by atoms with Crippen molar-refractivity contribution in [3.8, 4) is 5.75 Å². The maximum Gasteiger partial charge on any atom is 0.257 e. The van der Waals surface area contributed by atoms with E-state index in [4.69, 9.17) is 16.3 Å². The SMILES string of the molecule is Cc1ccnc(CNC(=O)CC(O)CCNC(=O)COc2ccc(Cl)c(F)c2)c1. The molecular formula is C20H23ClFN3O4. The van der Waals surface area contributed by atoms with Gasteiger partial charge in [-0.05, 0) is 43.2 Å². The van der Waals surface area contributed by atoms with E-state index in [1.807, 2.05) is 19.1 Å². The Labute approximate surface area is 173 Å². The Morgan fingerprint density at radius 3 is 2.76 bits per heavy atom. The largest absolute Gasteiger partial charge is 0.484 e. The normalized spacial score (nSPS) is 11.6. The van der Waals surface area contributed by atoms with Gasteiger partial charge in [0.15, 0.2) is 6.61 Å². The Hall–Kier alpha value is -2.71. The summed E-state index contributed by atoms with van der Waals surface area (Å²) in [7, 11) is 0. The van der Waals surface area contributed by atoms with E-state index in [9.17, 15) is 19.1 Å². The Balaban J connectivity index is 1.60. The van der Waals surface area contributed by atoms with Crippen LogP contribution < -0.4 is 15.4 Å². The van der Waals surface area contributed by atoms with Crippen molar-refractivity contribution in [2.24, 2.45) is 0 Å². The van der Waals surface area contributed by atoms with E-state index in [1.165, 1.54) is 12.1 Å². The highest BCUT2D eigenvalue weighted by Gasteiger charge is 2.12. The molecule has 2 amide bonds. The molecule has 7 nitrogen and oxygen atoms in total. The van der Waals surface area contributed by atoms with Gasteiger partial charge in [0.25, 0.3) is 5.91 Å². The third kappa shape index (κ3) is 8.45. The Bertz CT molecular complexity index is 850. The van der Waals surface area contributed by atoms with Crippen LogP contribution in [0.5, 0.6) is 5.75 Å². The summed E-state index contributed by atoms with van der Waals surface area (Å²) in [5.74, 6) is -1.19. The third-order valence-electron chi connectivity index (χ3n) is 3.92. The standard InChI is InChI=1S/C20H23ClFN3O4/c1-13-4-6-23-14(8-13)11-25-19(27)9-15(26)5-7-24-20(28)12-29-16-2-3-17(21)18(22)10-16/h2-4,6,8,10,15,26H,5,7,9,11-12H2,1H3,(H,24,28)(H,25,27). The summed E-state index contributed by atoms with van der Waals surface area (Å²) in [5, 5.41) is 15.1. The number of aliphatic hydroxyl groups is 1. The summed E-state index contributed by atoms with van der Waals surface area (Å²) in [4.78, 5) is 27.8. The van der Waals surface area contributed by atoms with Crippen LogP contribution in [0, 0.1) is 12.7 Å². The van der Waals surface area contributed by atoms with Gasteiger partial charge >= 0.3 is 0 Å². The molecule has 0 aliphatic rings. The van der Waals surface area contributed by atoms with Crippen molar-refractivity contribution >= 4 is 23.4 Å².